The highest BCUT2D eigenvalue weighted by atomic mass is 32.2. The number of hydrogen-bond donors (Lipinski definition) is 2. The molecule has 0 aromatic heterocycles. The van der Waals surface area contributed by atoms with Crippen molar-refractivity contribution in [2.45, 2.75) is 49.5 Å². The van der Waals surface area contributed by atoms with E-state index in [1.54, 1.807) is 11.4 Å². The second-order valence-corrected chi connectivity index (χ2v) is 10.3. The Morgan fingerprint density at radius 2 is 1.75 bits per heavy atom. The van der Waals surface area contributed by atoms with Crippen LogP contribution in [-0.2, 0) is 14.6 Å². The Labute approximate surface area is 179 Å². The van der Waals surface area contributed by atoms with Crippen LogP contribution in [0.4, 0.5) is 26.3 Å². The van der Waals surface area contributed by atoms with Crippen LogP contribution >= 0.6 is 0 Å². The molecule has 0 spiro atoms. The van der Waals surface area contributed by atoms with E-state index in [-0.39, 0.29) is 36.6 Å². The molecule has 0 saturated heterocycles. The molecular formula is C19H19F6N3O3S. The molecule has 2 atom stereocenters. The van der Waals surface area contributed by atoms with E-state index in [0.717, 1.165) is 0 Å². The van der Waals surface area contributed by atoms with Crippen LogP contribution < -0.4 is 10.6 Å². The summed E-state index contributed by atoms with van der Waals surface area (Å²) in [6.45, 7) is 0. The number of carbonyl (C=O) groups is 1. The van der Waals surface area contributed by atoms with Gasteiger partial charge >= 0.3 is 6.18 Å². The number of amides is 1. The van der Waals surface area contributed by atoms with Gasteiger partial charge in [-0.1, -0.05) is 0 Å². The van der Waals surface area contributed by atoms with Crippen molar-refractivity contribution in [1.29, 1.82) is 5.26 Å². The fraction of sp³-hybridized carbons (Fsp3) is 0.579. The summed E-state index contributed by atoms with van der Waals surface area (Å²) < 4.78 is 107. The summed E-state index contributed by atoms with van der Waals surface area (Å²) in [5.41, 5.74) is -2.92. The first-order valence-electron chi connectivity index (χ1n) is 9.66. The molecule has 0 radical (unpaired) electrons. The van der Waals surface area contributed by atoms with Gasteiger partial charge in [-0.2, -0.15) is 18.4 Å². The zero-order chi connectivity index (χ0) is 23.9. The number of sulfone groups is 1. The van der Waals surface area contributed by atoms with Crippen molar-refractivity contribution in [3.8, 4) is 6.07 Å². The highest BCUT2D eigenvalue weighted by molar-refractivity contribution is 7.91. The van der Waals surface area contributed by atoms with E-state index < -0.39 is 68.3 Å². The third-order valence-corrected chi connectivity index (χ3v) is 7.10. The van der Waals surface area contributed by atoms with Crippen LogP contribution in [0.25, 0.3) is 0 Å². The number of benzene rings is 1. The maximum absolute atomic E-state index is 14.1. The Kier molecular flexibility index (Phi) is 6.50. The first-order valence-corrected chi connectivity index (χ1v) is 11.5. The van der Waals surface area contributed by atoms with E-state index in [2.05, 4.69) is 5.32 Å². The Bertz CT molecular complexity index is 1020. The van der Waals surface area contributed by atoms with E-state index in [9.17, 15) is 39.6 Å². The predicted octanol–water partition coefficient (Wildman–Crippen LogP) is 2.66. The lowest BCUT2D eigenvalue weighted by Gasteiger charge is -2.28. The van der Waals surface area contributed by atoms with Gasteiger partial charge in [0.05, 0.1) is 17.6 Å². The minimum Gasteiger partial charge on any atom is -0.336 e. The van der Waals surface area contributed by atoms with Crippen LogP contribution in [0.1, 0.15) is 37.3 Å². The molecule has 2 saturated carbocycles. The normalized spacial score (nSPS) is 19.7. The smallest absolute Gasteiger partial charge is 0.336 e. The molecule has 32 heavy (non-hydrogen) atoms. The Morgan fingerprint density at radius 3 is 2.19 bits per heavy atom. The summed E-state index contributed by atoms with van der Waals surface area (Å²) in [7, 11) is -4.03. The van der Waals surface area contributed by atoms with Crippen LogP contribution in [0.2, 0.25) is 0 Å². The monoisotopic (exact) mass is 483 g/mol. The second kappa shape index (κ2) is 8.55. The summed E-state index contributed by atoms with van der Waals surface area (Å²) in [6.07, 6.45) is -3.68. The Balaban J connectivity index is 1.94. The molecule has 13 heteroatoms. The van der Waals surface area contributed by atoms with Crippen LogP contribution in [-0.4, -0.2) is 43.6 Å². The van der Waals surface area contributed by atoms with E-state index >= 15 is 0 Å². The number of nitrogens with one attached hydrogen (secondary N) is 2. The summed E-state index contributed by atoms with van der Waals surface area (Å²) in [6, 6.07) is -3.33. The number of alkyl halides is 3. The first-order chi connectivity index (χ1) is 14.8. The minimum absolute atomic E-state index is 0.0482. The molecular weight excluding hydrogens is 464 g/mol. The molecule has 0 aliphatic heterocycles. The molecule has 0 heterocycles. The van der Waals surface area contributed by atoms with E-state index in [1.165, 1.54) is 0 Å². The number of rotatable bonds is 9. The molecule has 0 bridgehead atoms. The zero-order valence-corrected chi connectivity index (χ0v) is 17.3. The van der Waals surface area contributed by atoms with Crippen LogP contribution in [0.15, 0.2) is 12.1 Å². The van der Waals surface area contributed by atoms with Crippen molar-refractivity contribution < 1.29 is 39.6 Å². The van der Waals surface area contributed by atoms with Crippen LogP contribution in [0, 0.1) is 34.7 Å². The fourth-order valence-electron chi connectivity index (χ4n) is 3.25. The van der Waals surface area contributed by atoms with E-state index in [1.807, 2.05) is 0 Å². The van der Waals surface area contributed by atoms with E-state index in [0.29, 0.717) is 12.8 Å². The number of nitrogens with zero attached hydrogens (tertiary/aromatic N) is 1. The van der Waals surface area contributed by atoms with Gasteiger partial charge in [-0.25, -0.2) is 21.6 Å². The number of halogens is 6. The van der Waals surface area contributed by atoms with Gasteiger partial charge in [-0.05, 0) is 31.6 Å². The average molecular weight is 483 g/mol. The van der Waals surface area contributed by atoms with Gasteiger partial charge in [0.15, 0.2) is 9.84 Å². The van der Waals surface area contributed by atoms with Crippen LogP contribution in [0.3, 0.4) is 0 Å². The van der Waals surface area contributed by atoms with Gasteiger partial charge in [0.2, 0.25) is 5.91 Å². The molecule has 1 unspecified atom stereocenters. The van der Waals surface area contributed by atoms with Gasteiger partial charge in [0.25, 0.3) is 0 Å². The summed E-state index contributed by atoms with van der Waals surface area (Å²) >= 11 is 0. The maximum atomic E-state index is 14.1. The molecule has 2 aliphatic carbocycles. The van der Waals surface area contributed by atoms with Gasteiger partial charge in [-0.3, -0.25) is 10.1 Å². The van der Waals surface area contributed by atoms with Crippen molar-refractivity contribution in [2.24, 2.45) is 5.92 Å². The quantitative estimate of drug-likeness (QED) is 0.527. The molecule has 1 aromatic rings. The Hall–Kier alpha value is -2.33. The summed E-state index contributed by atoms with van der Waals surface area (Å²) in [5.74, 6) is -7.97. The lowest BCUT2D eigenvalue weighted by atomic mass is 10.0. The number of carbonyl (C=O) groups excluding carboxylic acids is 1. The number of hydrogen-bond acceptors (Lipinski definition) is 5. The number of nitriles is 1. The molecule has 176 valence electrons. The predicted molar refractivity (Wildman–Crippen MR) is 99.1 cm³/mol. The fourth-order valence-corrected chi connectivity index (χ4v) is 5.19. The van der Waals surface area contributed by atoms with E-state index in [4.69, 9.17) is 5.26 Å². The largest absolute Gasteiger partial charge is 0.408 e. The minimum atomic E-state index is -5.37. The van der Waals surface area contributed by atoms with Crippen molar-refractivity contribution >= 4 is 15.7 Å². The molecule has 2 N–H and O–H groups in total. The van der Waals surface area contributed by atoms with Crippen molar-refractivity contribution in [3.05, 3.63) is 35.1 Å². The highest BCUT2D eigenvalue weighted by Gasteiger charge is 2.49. The van der Waals surface area contributed by atoms with Gasteiger partial charge in [0, 0.05) is 17.7 Å². The zero-order valence-electron chi connectivity index (χ0n) is 16.5. The van der Waals surface area contributed by atoms with Crippen molar-refractivity contribution in [2.75, 3.05) is 11.5 Å². The first kappa shape index (κ1) is 24.3. The van der Waals surface area contributed by atoms with Gasteiger partial charge in [-0.15, -0.1) is 0 Å². The molecule has 1 aromatic carbocycles. The SMILES string of the molecule is N#CC1(NC(=O)C(CS(=O)(=O)CC2CC2)N[C@H](c2c(F)cc(F)cc2F)C(F)(F)F)CC1. The summed E-state index contributed by atoms with van der Waals surface area (Å²) in [5, 5.41) is 13.0. The third kappa shape index (κ3) is 5.92. The molecule has 2 aliphatic rings. The Morgan fingerprint density at radius 1 is 1.19 bits per heavy atom. The topological polar surface area (TPSA) is 99.1 Å². The van der Waals surface area contributed by atoms with Gasteiger partial charge < -0.3 is 5.32 Å². The second-order valence-electron chi connectivity index (χ2n) is 8.18. The lowest BCUT2D eigenvalue weighted by molar-refractivity contribution is -0.161. The average Bonchev–Trinajstić information content (AvgIpc) is 3.56. The highest BCUT2D eigenvalue weighted by Crippen LogP contribution is 2.37. The van der Waals surface area contributed by atoms with Crippen molar-refractivity contribution in [3.63, 3.8) is 0 Å². The summed E-state index contributed by atoms with van der Waals surface area (Å²) in [4.78, 5) is 12.7. The third-order valence-electron chi connectivity index (χ3n) is 5.28. The lowest BCUT2D eigenvalue weighted by Crippen LogP contribution is -2.54. The molecule has 1 amide bonds. The molecule has 2 fully saturated rings. The standard InChI is InChI=1S/C19H19F6N3O3S/c20-11-5-12(21)15(13(22)6-11)16(19(23,24)25)27-14(8-32(30,31)7-10-1-2-10)17(29)28-18(9-26)3-4-18/h5-6,10,14,16,27H,1-4,7-8H2,(H,28,29)/t14?,16-/m1/s1. The van der Waals surface area contributed by atoms with Gasteiger partial charge in [0.1, 0.15) is 35.1 Å². The van der Waals surface area contributed by atoms with Crippen molar-refractivity contribution in [1.82, 2.24) is 10.6 Å². The maximum Gasteiger partial charge on any atom is 0.408 e. The molecule has 3 rings (SSSR count). The van der Waals surface area contributed by atoms with Crippen LogP contribution in [0.5, 0.6) is 0 Å². The molecule has 6 nitrogen and oxygen atoms in total.